The van der Waals surface area contributed by atoms with Crippen LogP contribution in [0.1, 0.15) is 48.0 Å². The minimum atomic E-state index is -0.860. The first-order chi connectivity index (χ1) is 13.5. The van der Waals surface area contributed by atoms with Crippen molar-refractivity contribution in [2.45, 2.75) is 50.2 Å². The van der Waals surface area contributed by atoms with Gasteiger partial charge in [-0.1, -0.05) is 31.0 Å². The number of hydrogen-bond acceptors (Lipinski definition) is 5. The number of urea groups is 1. The molecule has 148 valence electrons. The summed E-state index contributed by atoms with van der Waals surface area (Å²) in [5, 5.41) is 5.57. The average Bonchev–Trinajstić information content (AvgIpc) is 3.25. The molecule has 8 nitrogen and oxygen atoms in total. The van der Waals surface area contributed by atoms with Crippen LogP contribution in [0.25, 0.3) is 0 Å². The van der Waals surface area contributed by atoms with Crippen molar-refractivity contribution in [2.75, 3.05) is 13.1 Å². The van der Waals surface area contributed by atoms with E-state index in [0.29, 0.717) is 37.8 Å². The molecule has 0 aromatic heterocycles. The Kier molecular flexibility index (Phi) is 4.78. The highest BCUT2D eigenvalue weighted by molar-refractivity contribution is 6.07. The number of benzene rings is 1. The third-order valence-electron chi connectivity index (χ3n) is 5.75. The average molecular weight is 385 g/mol. The van der Waals surface area contributed by atoms with Crippen molar-refractivity contribution < 1.29 is 23.9 Å². The van der Waals surface area contributed by atoms with Crippen LogP contribution in [0.2, 0.25) is 0 Å². The minimum Gasteiger partial charge on any atom is -0.448 e. The molecule has 2 fully saturated rings. The molecule has 2 heterocycles. The maximum atomic E-state index is 12.6. The highest BCUT2D eigenvalue weighted by atomic mass is 16.5. The molecule has 0 unspecified atom stereocenters. The Balaban J connectivity index is 1.26. The molecule has 1 saturated carbocycles. The summed E-state index contributed by atoms with van der Waals surface area (Å²) in [7, 11) is 0. The van der Waals surface area contributed by atoms with Gasteiger partial charge in [-0.3, -0.25) is 14.5 Å². The fourth-order valence-electron chi connectivity index (χ4n) is 4.24. The van der Waals surface area contributed by atoms with Crippen molar-refractivity contribution >= 4 is 23.8 Å². The molecular formula is C20H23N3O5. The second-order valence-electron chi connectivity index (χ2n) is 7.58. The van der Waals surface area contributed by atoms with Gasteiger partial charge in [-0.25, -0.2) is 9.59 Å². The number of rotatable bonds is 5. The third-order valence-corrected chi connectivity index (χ3v) is 5.75. The van der Waals surface area contributed by atoms with Crippen molar-refractivity contribution in [3.8, 4) is 0 Å². The monoisotopic (exact) mass is 385 g/mol. The number of nitrogens with zero attached hydrogens (tertiary/aromatic N) is 1. The molecule has 1 aromatic carbocycles. The quantitative estimate of drug-likeness (QED) is 0.449. The van der Waals surface area contributed by atoms with E-state index in [1.54, 1.807) is 12.1 Å². The normalized spacial score (nSPS) is 22.8. The lowest BCUT2D eigenvalue weighted by Crippen LogP contribution is -2.44. The molecule has 8 heteroatoms. The lowest BCUT2D eigenvalue weighted by molar-refractivity contribution is -0.131. The maximum absolute atomic E-state index is 12.6. The third kappa shape index (κ3) is 3.23. The standard InChI is InChI=1S/C20H23N3O5/c24-16(15-12-13-6-1-2-7-14(13)17(25)28-15)21-10-5-11-23-18(26)20(22-19(23)27)8-3-4-9-20/h1-2,6-7,15H,3-5,8-12H2,(H,21,24)(H,22,27)/t15-/m1/s1. The fraction of sp³-hybridized carbons (Fsp3) is 0.500. The van der Waals surface area contributed by atoms with Gasteiger partial charge >= 0.3 is 12.0 Å². The van der Waals surface area contributed by atoms with Crippen molar-refractivity contribution in [1.29, 1.82) is 0 Å². The largest absolute Gasteiger partial charge is 0.448 e. The summed E-state index contributed by atoms with van der Waals surface area (Å²) in [6.07, 6.45) is 3.19. The molecule has 2 N–H and O–H groups in total. The van der Waals surface area contributed by atoms with E-state index in [-0.39, 0.29) is 24.4 Å². The molecule has 1 saturated heterocycles. The van der Waals surface area contributed by atoms with E-state index in [9.17, 15) is 19.2 Å². The number of nitrogens with one attached hydrogen (secondary N) is 2. The fourth-order valence-corrected chi connectivity index (χ4v) is 4.24. The molecular weight excluding hydrogens is 362 g/mol. The summed E-state index contributed by atoms with van der Waals surface area (Å²) in [5.41, 5.74) is 0.579. The zero-order chi connectivity index (χ0) is 19.7. The predicted octanol–water partition coefficient (Wildman–Crippen LogP) is 1.14. The van der Waals surface area contributed by atoms with E-state index in [0.717, 1.165) is 18.4 Å². The van der Waals surface area contributed by atoms with Crippen LogP contribution in [-0.4, -0.2) is 53.4 Å². The van der Waals surface area contributed by atoms with Crippen molar-refractivity contribution in [3.05, 3.63) is 35.4 Å². The molecule has 3 aliphatic rings. The first kappa shape index (κ1) is 18.5. The van der Waals surface area contributed by atoms with Gasteiger partial charge in [0.25, 0.3) is 11.8 Å². The van der Waals surface area contributed by atoms with Gasteiger partial charge < -0.3 is 15.4 Å². The Hall–Kier alpha value is -2.90. The van der Waals surface area contributed by atoms with Gasteiger partial charge in [-0.2, -0.15) is 0 Å². The molecule has 2 aliphatic heterocycles. The van der Waals surface area contributed by atoms with Gasteiger partial charge in [0.05, 0.1) is 5.56 Å². The number of carbonyl (C=O) groups excluding carboxylic acids is 4. The summed E-state index contributed by atoms with van der Waals surface area (Å²) in [6, 6.07) is 6.72. The Morgan fingerprint density at radius 1 is 1.21 bits per heavy atom. The van der Waals surface area contributed by atoms with Gasteiger partial charge in [-0.05, 0) is 30.9 Å². The van der Waals surface area contributed by atoms with E-state index >= 15 is 0 Å². The van der Waals surface area contributed by atoms with Crippen LogP contribution in [0.4, 0.5) is 4.79 Å². The van der Waals surface area contributed by atoms with Crippen molar-refractivity contribution in [3.63, 3.8) is 0 Å². The lowest BCUT2D eigenvalue weighted by Gasteiger charge is -2.24. The van der Waals surface area contributed by atoms with E-state index in [4.69, 9.17) is 4.74 Å². The van der Waals surface area contributed by atoms with Crippen LogP contribution in [-0.2, 0) is 20.7 Å². The highest BCUT2D eigenvalue weighted by Gasteiger charge is 2.52. The van der Waals surface area contributed by atoms with Gasteiger partial charge in [0.1, 0.15) is 5.54 Å². The van der Waals surface area contributed by atoms with Gasteiger partial charge in [0.15, 0.2) is 6.10 Å². The smallest absolute Gasteiger partial charge is 0.339 e. The van der Waals surface area contributed by atoms with Crippen LogP contribution < -0.4 is 10.6 Å². The van der Waals surface area contributed by atoms with Gasteiger partial charge in [0, 0.05) is 19.5 Å². The number of cyclic esters (lactones) is 1. The number of ether oxygens (including phenoxy) is 1. The molecule has 1 atom stereocenters. The van der Waals surface area contributed by atoms with E-state index in [1.165, 1.54) is 4.90 Å². The van der Waals surface area contributed by atoms with E-state index in [1.807, 2.05) is 12.1 Å². The highest BCUT2D eigenvalue weighted by Crippen LogP contribution is 2.35. The number of amides is 4. The van der Waals surface area contributed by atoms with Crippen LogP contribution >= 0.6 is 0 Å². The van der Waals surface area contributed by atoms with Crippen LogP contribution in [0.15, 0.2) is 24.3 Å². The number of hydrogen-bond donors (Lipinski definition) is 2. The molecule has 28 heavy (non-hydrogen) atoms. The van der Waals surface area contributed by atoms with Gasteiger partial charge in [0.2, 0.25) is 0 Å². The Morgan fingerprint density at radius 3 is 2.75 bits per heavy atom. The summed E-state index contributed by atoms with van der Waals surface area (Å²) >= 11 is 0. The van der Waals surface area contributed by atoms with Crippen molar-refractivity contribution in [2.24, 2.45) is 0 Å². The van der Waals surface area contributed by atoms with E-state index < -0.39 is 17.6 Å². The predicted molar refractivity (Wildman–Crippen MR) is 98.4 cm³/mol. The molecule has 0 bridgehead atoms. The minimum absolute atomic E-state index is 0.154. The Bertz CT molecular complexity index is 831. The lowest BCUT2D eigenvalue weighted by atomic mass is 9.98. The first-order valence-electron chi connectivity index (χ1n) is 9.71. The number of fused-ring (bicyclic) bond motifs is 1. The summed E-state index contributed by atoms with van der Waals surface area (Å²) in [6.45, 7) is 0.540. The van der Waals surface area contributed by atoms with Crippen LogP contribution in [0.3, 0.4) is 0 Å². The SMILES string of the molecule is O=C1O[C@@H](C(=O)NCCCN2C(=O)NC3(CCCC3)C2=O)Cc2ccccc21. The van der Waals surface area contributed by atoms with Crippen LogP contribution in [0.5, 0.6) is 0 Å². The summed E-state index contributed by atoms with van der Waals surface area (Å²) in [4.78, 5) is 50.3. The maximum Gasteiger partial charge on any atom is 0.339 e. The zero-order valence-corrected chi connectivity index (χ0v) is 15.5. The number of esters is 1. The Labute approximate surface area is 162 Å². The molecule has 1 aromatic rings. The molecule has 1 aliphatic carbocycles. The molecule has 1 spiro atoms. The zero-order valence-electron chi connectivity index (χ0n) is 15.5. The second-order valence-corrected chi connectivity index (χ2v) is 7.58. The number of carbonyl (C=O) groups is 4. The first-order valence-corrected chi connectivity index (χ1v) is 9.71. The molecule has 4 amide bonds. The second kappa shape index (κ2) is 7.26. The van der Waals surface area contributed by atoms with Crippen molar-refractivity contribution in [1.82, 2.24) is 15.5 Å². The summed E-state index contributed by atoms with van der Waals surface area (Å²) < 4.78 is 5.22. The van der Waals surface area contributed by atoms with Crippen LogP contribution in [0, 0.1) is 0 Å². The Morgan fingerprint density at radius 2 is 1.96 bits per heavy atom. The molecule has 4 rings (SSSR count). The summed E-state index contributed by atoms with van der Waals surface area (Å²) in [5.74, 6) is -1.02. The van der Waals surface area contributed by atoms with Gasteiger partial charge in [-0.15, -0.1) is 0 Å². The number of imide groups is 1. The molecule has 0 radical (unpaired) electrons. The van der Waals surface area contributed by atoms with E-state index in [2.05, 4.69) is 10.6 Å². The topological polar surface area (TPSA) is 105 Å².